The van der Waals surface area contributed by atoms with E-state index in [0.29, 0.717) is 19.0 Å². The molecule has 2 rings (SSSR count). The van der Waals surface area contributed by atoms with Gasteiger partial charge < -0.3 is 10.6 Å². The number of carbonyl (C=O) groups is 1. The summed E-state index contributed by atoms with van der Waals surface area (Å²) in [6, 6.07) is 6.24. The van der Waals surface area contributed by atoms with E-state index in [9.17, 15) is 9.18 Å². The lowest BCUT2D eigenvalue weighted by atomic mass is 10.1. The number of likely N-dealkylation sites (tertiary alicyclic amines) is 1. The van der Waals surface area contributed by atoms with Crippen molar-refractivity contribution in [2.24, 2.45) is 11.7 Å². The van der Waals surface area contributed by atoms with Gasteiger partial charge in [-0.25, -0.2) is 4.39 Å². The van der Waals surface area contributed by atoms with Gasteiger partial charge in [0.05, 0.1) is 5.56 Å². The molecule has 0 bridgehead atoms. The Hall–Kier alpha value is -1.13. The van der Waals surface area contributed by atoms with Gasteiger partial charge in [-0.3, -0.25) is 4.79 Å². The van der Waals surface area contributed by atoms with Gasteiger partial charge in [0.1, 0.15) is 5.82 Å². The van der Waals surface area contributed by atoms with Crippen LogP contribution >= 0.6 is 12.4 Å². The van der Waals surface area contributed by atoms with Crippen molar-refractivity contribution in [1.82, 2.24) is 4.90 Å². The predicted molar refractivity (Wildman–Crippen MR) is 71.3 cm³/mol. The first-order chi connectivity index (χ1) is 8.13. The third kappa shape index (κ3) is 2.82. The van der Waals surface area contributed by atoms with Crippen LogP contribution in [0.2, 0.25) is 0 Å². The van der Waals surface area contributed by atoms with Crippen LogP contribution < -0.4 is 5.73 Å². The monoisotopic (exact) mass is 272 g/mol. The molecule has 0 aromatic heterocycles. The summed E-state index contributed by atoms with van der Waals surface area (Å²) in [6.07, 6.45) is 0.899. The second kappa shape index (κ2) is 6.16. The number of benzene rings is 1. The number of nitrogens with two attached hydrogens (primary N) is 1. The molecule has 2 unspecified atom stereocenters. The lowest BCUT2D eigenvalue weighted by Gasteiger charge is -2.21. The summed E-state index contributed by atoms with van der Waals surface area (Å²) in [5.41, 5.74) is 5.76. The molecule has 0 spiro atoms. The maximum absolute atomic E-state index is 13.5. The summed E-state index contributed by atoms with van der Waals surface area (Å²) in [5.74, 6) is -0.354. The molecule has 2 N–H and O–H groups in total. The van der Waals surface area contributed by atoms with Gasteiger partial charge in [-0.15, -0.1) is 12.4 Å². The molecular formula is C13H18ClFN2O. The van der Waals surface area contributed by atoms with Crippen LogP contribution in [0.4, 0.5) is 4.39 Å². The predicted octanol–water partition coefficient (Wildman–Crippen LogP) is 2.06. The number of hydrogen-bond donors (Lipinski definition) is 1. The highest BCUT2D eigenvalue weighted by atomic mass is 35.5. The van der Waals surface area contributed by atoms with Gasteiger partial charge in [0.15, 0.2) is 0 Å². The van der Waals surface area contributed by atoms with E-state index in [4.69, 9.17) is 5.73 Å². The lowest BCUT2D eigenvalue weighted by Crippen LogP contribution is -2.34. The number of amides is 1. The SMILES string of the molecule is CC1CC(CN)CN1C(=O)c1ccccc1F.Cl. The number of rotatable bonds is 2. The Morgan fingerprint density at radius 3 is 2.72 bits per heavy atom. The number of hydrogen-bond acceptors (Lipinski definition) is 2. The first kappa shape index (κ1) is 14.9. The summed E-state index contributed by atoms with van der Waals surface area (Å²) < 4.78 is 13.5. The summed E-state index contributed by atoms with van der Waals surface area (Å²) in [5, 5.41) is 0. The molecule has 2 atom stereocenters. The summed E-state index contributed by atoms with van der Waals surface area (Å²) in [6.45, 7) is 3.19. The Labute approximate surface area is 113 Å². The molecule has 1 saturated heterocycles. The van der Waals surface area contributed by atoms with E-state index < -0.39 is 5.82 Å². The minimum Gasteiger partial charge on any atom is -0.336 e. The van der Waals surface area contributed by atoms with Crippen LogP contribution in [0.25, 0.3) is 0 Å². The molecule has 3 nitrogen and oxygen atoms in total. The molecule has 1 aromatic carbocycles. The summed E-state index contributed by atoms with van der Waals surface area (Å²) >= 11 is 0. The van der Waals surface area contributed by atoms with Crippen molar-refractivity contribution in [2.45, 2.75) is 19.4 Å². The molecule has 1 aromatic rings. The topological polar surface area (TPSA) is 46.3 Å². The van der Waals surface area contributed by atoms with Gasteiger partial charge in [0, 0.05) is 12.6 Å². The molecule has 5 heteroatoms. The molecular weight excluding hydrogens is 255 g/mol. The number of halogens is 2. The summed E-state index contributed by atoms with van der Waals surface area (Å²) in [7, 11) is 0. The van der Waals surface area contributed by atoms with Crippen LogP contribution in [-0.4, -0.2) is 29.9 Å². The van der Waals surface area contributed by atoms with E-state index in [1.807, 2.05) is 6.92 Å². The van der Waals surface area contributed by atoms with Crippen molar-refractivity contribution >= 4 is 18.3 Å². The molecule has 1 aliphatic heterocycles. The van der Waals surface area contributed by atoms with Gasteiger partial charge in [-0.1, -0.05) is 12.1 Å². The van der Waals surface area contributed by atoms with E-state index in [0.717, 1.165) is 6.42 Å². The summed E-state index contributed by atoms with van der Waals surface area (Å²) in [4.78, 5) is 13.9. The van der Waals surface area contributed by atoms with E-state index >= 15 is 0 Å². The second-order valence-corrected chi connectivity index (χ2v) is 4.62. The average molecular weight is 273 g/mol. The van der Waals surface area contributed by atoms with E-state index in [-0.39, 0.29) is 29.9 Å². The second-order valence-electron chi connectivity index (χ2n) is 4.62. The zero-order valence-corrected chi connectivity index (χ0v) is 11.1. The molecule has 1 amide bonds. The number of nitrogens with zero attached hydrogens (tertiary/aromatic N) is 1. The van der Waals surface area contributed by atoms with E-state index in [2.05, 4.69) is 0 Å². The third-order valence-electron chi connectivity index (χ3n) is 3.36. The van der Waals surface area contributed by atoms with Gasteiger partial charge in [-0.2, -0.15) is 0 Å². The fourth-order valence-electron chi connectivity index (χ4n) is 2.39. The fourth-order valence-corrected chi connectivity index (χ4v) is 2.39. The molecule has 18 heavy (non-hydrogen) atoms. The maximum atomic E-state index is 13.5. The average Bonchev–Trinajstić information content (AvgIpc) is 2.70. The Morgan fingerprint density at radius 1 is 1.50 bits per heavy atom. The first-order valence-electron chi connectivity index (χ1n) is 5.89. The molecule has 1 aliphatic rings. The van der Waals surface area contributed by atoms with Crippen molar-refractivity contribution in [2.75, 3.05) is 13.1 Å². The van der Waals surface area contributed by atoms with Gasteiger partial charge >= 0.3 is 0 Å². The zero-order chi connectivity index (χ0) is 12.4. The van der Waals surface area contributed by atoms with Crippen molar-refractivity contribution in [1.29, 1.82) is 0 Å². The van der Waals surface area contributed by atoms with Crippen LogP contribution in [0.5, 0.6) is 0 Å². The molecule has 1 heterocycles. The molecule has 0 radical (unpaired) electrons. The zero-order valence-electron chi connectivity index (χ0n) is 10.3. The Bertz CT molecular complexity index is 427. The number of carbonyl (C=O) groups excluding carboxylic acids is 1. The quantitative estimate of drug-likeness (QED) is 0.896. The highest BCUT2D eigenvalue weighted by molar-refractivity contribution is 5.94. The smallest absolute Gasteiger partial charge is 0.257 e. The molecule has 100 valence electrons. The van der Waals surface area contributed by atoms with Gasteiger partial charge in [0.25, 0.3) is 5.91 Å². The Kier molecular flexibility index (Phi) is 5.11. The van der Waals surface area contributed by atoms with Gasteiger partial charge in [-0.05, 0) is 37.9 Å². The van der Waals surface area contributed by atoms with Crippen molar-refractivity contribution in [3.63, 3.8) is 0 Å². The highest BCUT2D eigenvalue weighted by Gasteiger charge is 2.32. The van der Waals surface area contributed by atoms with Crippen molar-refractivity contribution in [3.05, 3.63) is 35.6 Å². The van der Waals surface area contributed by atoms with E-state index in [1.165, 1.54) is 12.1 Å². The van der Waals surface area contributed by atoms with E-state index in [1.54, 1.807) is 17.0 Å². The normalized spacial score (nSPS) is 22.7. The van der Waals surface area contributed by atoms with Crippen LogP contribution in [0.15, 0.2) is 24.3 Å². The van der Waals surface area contributed by atoms with Crippen molar-refractivity contribution in [3.8, 4) is 0 Å². The Balaban J connectivity index is 0.00000162. The van der Waals surface area contributed by atoms with Crippen LogP contribution in [0.3, 0.4) is 0 Å². The minimum atomic E-state index is -0.458. The van der Waals surface area contributed by atoms with Crippen molar-refractivity contribution < 1.29 is 9.18 Å². The van der Waals surface area contributed by atoms with Crippen LogP contribution in [0.1, 0.15) is 23.7 Å². The largest absolute Gasteiger partial charge is 0.336 e. The first-order valence-corrected chi connectivity index (χ1v) is 5.89. The highest BCUT2D eigenvalue weighted by Crippen LogP contribution is 2.24. The third-order valence-corrected chi connectivity index (χ3v) is 3.36. The van der Waals surface area contributed by atoms with Gasteiger partial charge in [0.2, 0.25) is 0 Å². The standard InChI is InChI=1S/C13H17FN2O.ClH/c1-9-6-10(7-15)8-16(9)13(17)11-4-2-3-5-12(11)14;/h2-5,9-10H,6-8,15H2,1H3;1H. The molecule has 0 saturated carbocycles. The molecule has 1 fully saturated rings. The van der Waals surface area contributed by atoms with Crippen LogP contribution in [0, 0.1) is 11.7 Å². The molecule has 0 aliphatic carbocycles. The van der Waals surface area contributed by atoms with Crippen LogP contribution in [-0.2, 0) is 0 Å². The maximum Gasteiger partial charge on any atom is 0.257 e. The lowest BCUT2D eigenvalue weighted by molar-refractivity contribution is 0.0738. The minimum absolute atomic E-state index is 0. The Morgan fingerprint density at radius 2 is 2.17 bits per heavy atom. The fraction of sp³-hybridized carbons (Fsp3) is 0.462.